The van der Waals surface area contributed by atoms with Crippen molar-refractivity contribution in [2.24, 2.45) is 4.99 Å². The SMILES string of the molecule is CN=C(NCCNC(=O)c1ccc(C)c(F)c1)Nc1cccc(OCCCOC)c1. The standard InChI is InChI=1S/C22H29FN4O3/c1-16-8-9-17(14-20(16)23)21(28)25-10-11-26-22(24-2)27-18-6-4-7-19(15-18)30-13-5-12-29-3/h4,6-9,14-15H,5,10-13H2,1-3H3,(H,25,28)(H2,24,26,27). The number of ether oxygens (including phenoxy) is 2. The quantitative estimate of drug-likeness (QED) is 0.315. The largest absolute Gasteiger partial charge is 0.493 e. The lowest BCUT2D eigenvalue weighted by atomic mass is 10.1. The van der Waals surface area contributed by atoms with Crippen molar-refractivity contribution in [2.45, 2.75) is 13.3 Å². The molecule has 1 amide bonds. The van der Waals surface area contributed by atoms with E-state index in [-0.39, 0.29) is 5.91 Å². The summed E-state index contributed by atoms with van der Waals surface area (Å²) in [7, 11) is 3.32. The molecule has 0 aliphatic rings. The Balaban J connectivity index is 1.76. The Kier molecular flexibility index (Phi) is 9.60. The smallest absolute Gasteiger partial charge is 0.251 e. The lowest BCUT2D eigenvalue weighted by Gasteiger charge is -2.13. The number of carbonyl (C=O) groups is 1. The fourth-order valence-electron chi connectivity index (χ4n) is 2.57. The first-order valence-corrected chi connectivity index (χ1v) is 9.77. The minimum Gasteiger partial charge on any atom is -0.493 e. The molecule has 30 heavy (non-hydrogen) atoms. The van der Waals surface area contributed by atoms with Crippen molar-refractivity contribution in [3.63, 3.8) is 0 Å². The van der Waals surface area contributed by atoms with Gasteiger partial charge in [0.25, 0.3) is 5.91 Å². The van der Waals surface area contributed by atoms with Crippen LogP contribution in [0.1, 0.15) is 22.3 Å². The summed E-state index contributed by atoms with van der Waals surface area (Å²) in [5, 5.41) is 9.04. The first-order valence-electron chi connectivity index (χ1n) is 9.77. The molecule has 8 heteroatoms. The molecule has 0 saturated heterocycles. The van der Waals surface area contributed by atoms with Crippen LogP contribution in [0.5, 0.6) is 5.75 Å². The first-order chi connectivity index (χ1) is 14.5. The molecule has 0 saturated carbocycles. The zero-order valence-corrected chi connectivity index (χ0v) is 17.6. The van der Waals surface area contributed by atoms with Gasteiger partial charge in [-0.15, -0.1) is 0 Å². The maximum absolute atomic E-state index is 13.6. The third-order valence-electron chi connectivity index (χ3n) is 4.22. The molecule has 7 nitrogen and oxygen atoms in total. The van der Waals surface area contributed by atoms with Crippen LogP contribution in [0.3, 0.4) is 0 Å². The fourth-order valence-corrected chi connectivity index (χ4v) is 2.57. The van der Waals surface area contributed by atoms with Crippen LogP contribution in [0, 0.1) is 12.7 Å². The molecule has 0 fully saturated rings. The molecule has 0 bridgehead atoms. The van der Waals surface area contributed by atoms with Crippen LogP contribution in [-0.2, 0) is 4.74 Å². The number of aliphatic imine (C=N–C) groups is 1. The summed E-state index contributed by atoms with van der Waals surface area (Å²) in [6.07, 6.45) is 0.818. The van der Waals surface area contributed by atoms with Gasteiger partial charge in [-0.1, -0.05) is 12.1 Å². The number of amides is 1. The Bertz CT molecular complexity index is 858. The van der Waals surface area contributed by atoms with Gasteiger partial charge in [-0.25, -0.2) is 4.39 Å². The van der Waals surface area contributed by atoms with Gasteiger partial charge in [-0.2, -0.15) is 0 Å². The van der Waals surface area contributed by atoms with Gasteiger partial charge in [0.15, 0.2) is 5.96 Å². The highest BCUT2D eigenvalue weighted by Crippen LogP contribution is 2.17. The van der Waals surface area contributed by atoms with Crippen molar-refractivity contribution in [2.75, 3.05) is 45.8 Å². The second kappa shape index (κ2) is 12.4. The Morgan fingerprint density at radius 3 is 2.63 bits per heavy atom. The van der Waals surface area contributed by atoms with Crippen molar-refractivity contribution in [3.05, 3.63) is 59.4 Å². The maximum atomic E-state index is 13.6. The average molecular weight is 416 g/mol. The first kappa shape index (κ1) is 23.2. The number of halogens is 1. The van der Waals surface area contributed by atoms with Crippen LogP contribution in [0.2, 0.25) is 0 Å². The van der Waals surface area contributed by atoms with Gasteiger partial charge in [0.05, 0.1) is 6.61 Å². The van der Waals surface area contributed by atoms with Crippen LogP contribution in [-0.4, -0.2) is 52.3 Å². The van der Waals surface area contributed by atoms with E-state index < -0.39 is 5.82 Å². The van der Waals surface area contributed by atoms with Crippen LogP contribution >= 0.6 is 0 Å². The van der Waals surface area contributed by atoms with E-state index in [9.17, 15) is 9.18 Å². The highest BCUT2D eigenvalue weighted by Gasteiger charge is 2.08. The van der Waals surface area contributed by atoms with Gasteiger partial charge in [0.2, 0.25) is 0 Å². The molecule has 0 atom stereocenters. The molecule has 0 spiro atoms. The van der Waals surface area contributed by atoms with E-state index in [1.54, 1.807) is 33.2 Å². The van der Waals surface area contributed by atoms with E-state index in [0.29, 0.717) is 43.4 Å². The average Bonchev–Trinajstić information content (AvgIpc) is 2.75. The normalized spacial score (nSPS) is 11.1. The van der Waals surface area contributed by atoms with Gasteiger partial charge >= 0.3 is 0 Å². The lowest BCUT2D eigenvalue weighted by Crippen LogP contribution is -2.37. The van der Waals surface area contributed by atoms with Crippen molar-refractivity contribution in [1.29, 1.82) is 0 Å². The van der Waals surface area contributed by atoms with Gasteiger partial charge < -0.3 is 25.4 Å². The van der Waals surface area contributed by atoms with E-state index in [1.165, 1.54) is 6.07 Å². The van der Waals surface area contributed by atoms with Crippen molar-refractivity contribution in [1.82, 2.24) is 10.6 Å². The molecule has 3 N–H and O–H groups in total. The molecular formula is C22H29FN4O3. The topological polar surface area (TPSA) is 84.0 Å². The molecule has 0 aromatic heterocycles. The number of aryl methyl sites for hydroxylation is 1. The number of anilines is 1. The number of nitrogens with zero attached hydrogens (tertiary/aromatic N) is 1. The van der Waals surface area contributed by atoms with Gasteiger partial charge in [-0.05, 0) is 36.8 Å². The Morgan fingerprint density at radius 2 is 1.90 bits per heavy atom. The number of hydrogen-bond acceptors (Lipinski definition) is 4. The fraction of sp³-hybridized carbons (Fsp3) is 0.364. The number of carbonyl (C=O) groups excluding carboxylic acids is 1. The molecule has 0 radical (unpaired) electrons. The molecular weight excluding hydrogens is 387 g/mol. The predicted molar refractivity (Wildman–Crippen MR) is 117 cm³/mol. The Hall–Kier alpha value is -3.13. The second-order valence-electron chi connectivity index (χ2n) is 6.57. The lowest BCUT2D eigenvalue weighted by molar-refractivity contribution is 0.0954. The molecule has 0 heterocycles. The highest BCUT2D eigenvalue weighted by molar-refractivity contribution is 5.95. The molecule has 2 aromatic carbocycles. The monoisotopic (exact) mass is 416 g/mol. The number of guanidine groups is 1. The number of benzene rings is 2. The molecule has 0 aliphatic carbocycles. The third kappa shape index (κ3) is 7.71. The predicted octanol–water partition coefficient (Wildman–Crippen LogP) is 2.97. The third-order valence-corrected chi connectivity index (χ3v) is 4.22. The van der Waals surface area contributed by atoms with Crippen LogP contribution in [0.25, 0.3) is 0 Å². The van der Waals surface area contributed by atoms with Gasteiger partial charge in [0, 0.05) is 57.6 Å². The van der Waals surface area contributed by atoms with E-state index >= 15 is 0 Å². The number of rotatable bonds is 10. The molecule has 2 aromatic rings. The van der Waals surface area contributed by atoms with E-state index in [0.717, 1.165) is 17.9 Å². The summed E-state index contributed by atoms with van der Waals surface area (Å²) in [6.45, 7) is 3.70. The molecule has 0 aliphatic heterocycles. The number of hydrogen-bond donors (Lipinski definition) is 3. The van der Waals surface area contributed by atoms with Crippen LogP contribution in [0.15, 0.2) is 47.5 Å². The Morgan fingerprint density at radius 1 is 1.10 bits per heavy atom. The van der Waals surface area contributed by atoms with Crippen molar-refractivity contribution < 1.29 is 18.7 Å². The van der Waals surface area contributed by atoms with E-state index in [1.807, 2.05) is 24.3 Å². The summed E-state index contributed by atoms with van der Waals surface area (Å²) in [6, 6.07) is 12.0. The minimum atomic E-state index is -0.393. The number of nitrogens with one attached hydrogen (secondary N) is 3. The van der Waals surface area contributed by atoms with Gasteiger partial charge in [-0.3, -0.25) is 9.79 Å². The maximum Gasteiger partial charge on any atom is 0.251 e. The van der Waals surface area contributed by atoms with Crippen molar-refractivity contribution in [3.8, 4) is 5.75 Å². The summed E-state index contributed by atoms with van der Waals surface area (Å²) >= 11 is 0. The van der Waals surface area contributed by atoms with Gasteiger partial charge in [0.1, 0.15) is 11.6 Å². The summed E-state index contributed by atoms with van der Waals surface area (Å²) in [4.78, 5) is 16.3. The Labute approximate surface area is 176 Å². The van der Waals surface area contributed by atoms with E-state index in [4.69, 9.17) is 9.47 Å². The highest BCUT2D eigenvalue weighted by atomic mass is 19.1. The molecule has 2 rings (SSSR count). The molecule has 0 unspecified atom stereocenters. The van der Waals surface area contributed by atoms with E-state index in [2.05, 4.69) is 20.9 Å². The summed E-state index contributed by atoms with van der Waals surface area (Å²) in [5.74, 6) is 0.596. The van der Waals surface area contributed by atoms with Crippen LogP contribution in [0.4, 0.5) is 10.1 Å². The summed E-state index contributed by atoms with van der Waals surface area (Å²) < 4.78 is 24.3. The van der Waals surface area contributed by atoms with Crippen molar-refractivity contribution >= 4 is 17.6 Å². The number of methoxy groups -OCH3 is 1. The zero-order valence-electron chi connectivity index (χ0n) is 17.6. The van der Waals surface area contributed by atoms with Crippen LogP contribution < -0.4 is 20.7 Å². The minimum absolute atomic E-state index is 0.294. The molecule has 162 valence electrons. The second-order valence-corrected chi connectivity index (χ2v) is 6.57. The summed E-state index contributed by atoms with van der Waals surface area (Å²) in [5.41, 5.74) is 1.63. The zero-order chi connectivity index (χ0) is 21.8.